The normalized spacial score (nSPS) is 28.1. The molecule has 5 nitrogen and oxygen atoms in total. The van der Waals surface area contributed by atoms with E-state index < -0.39 is 0 Å². The molecule has 1 aliphatic heterocycles. The number of hydrogen-bond acceptors (Lipinski definition) is 4. The smallest absolute Gasteiger partial charge is 0.237 e. The monoisotopic (exact) mass is 244 g/mol. The lowest BCUT2D eigenvalue weighted by Gasteiger charge is -2.40. The maximum Gasteiger partial charge on any atom is 0.237 e. The Morgan fingerprint density at radius 1 is 1.53 bits per heavy atom. The highest BCUT2D eigenvalue weighted by Gasteiger charge is 2.32. The summed E-state index contributed by atoms with van der Waals surface area (Å²) in [6.45, 7) is 8.99. The number of carbonyl (C=O) groups excluding carboxylic acids is 1. The second kappa shape index (κ2) is 6.33. The first kappa shape index (κ1) is 14.4. The average Bonchev–Trinajstić information content (AvgIpc) is 2.28. The van der Waals surface area contributed by atoms with Gasteiger partial charge in [0, 0.05) is 18.6 Å². The first-order valence-electron chi connectivity index (χ1n) is 6.24. The van der Waals surface area contributed by atoms with Crippen molar-refractivity contribution in [2.75, 3.05) is 19.8 Å². The van der Waals surface area contributed by atoms with E-state index in [9.17, 15) is 4.79 Å². The van der Waals surface area contributed by atoms with Crippen molar-refractivity contribution in [3.05, 3.63) is 0 Å². The predicted octanol–water partition coefficient (Wildman–Crippen LogP) is -0.0189. The minimum absolute atomic E-state index is 0.00173. The van der Waals surface area contributed by atoms with E-state index in [2.05, 4.69) is 10.2 Å². The summed E-state index contributed by atoms with van der Waals surface area (Å²) < 4.78 is 5.46. The average molecular weight is 244 g/mol. The maximum atomic E-state index is 11.9. The van der Waals surface area contributed by atoms with Crippen LogP contribution in [0.15, 0.2) is 0 Å². The Hall–Kier alpha value is -0.650. The zero-order chi connectivity index (χ0) is 13.0. The number of nitrogens with one attached hydrogen (secondary N) is 1. The minimum atomic E-state index is -0.189. The molecule has 0 bridgehead atoms. The van der Waals surface area contributed by atoms with E-state index in [1.807, 2.05) is 27.7 Å². The second-order valence-corrected chi connectivity index (χ2v) is 5.02. The van der Waals surface area contributed by atoms with Crippen LogP contribution in [0.5, 0.6) is 0 Å². The Morgan fingerprint density at radius 3 is 2.71 bits per heavy atom. The molecule has 0 saturated carbocycles. The van der Waals surface area contributed by atoms with E-state index in [0.717, 1.165) is 0 Å². The van der Waals surface area contributed by atoms with Gasteiger partial charge in [-0.25, -0.2) is 0 Å². The summed E-state index contributed by atoms with van der Waals surface area (Å²) in [7, 11) is 0. The van der Waals surface area contributed by atoms with Crippen molar-refractivity contribution in [1.82, 2.24) is 10.2 Å². The van der Waals surface area contributed by atoms with Gasteiger partial charge in [-0.15, -0.1) is 0 Å². The van der Waals surface area contributed by atoms with Crippen LogP contribution in [0, 0.1) is 0 Å². The Morgan fingerprint density at radius 2 is 2.18 bits per heavy atom. The number of hydrogen-bond donors (Lipinski definition) is 2. The van der Waals surface area contributed by atoms with Gasteiger partial charge in [-0.1, -0.05) is 0 Å². The van der Waals surface area contributed by atoms with Gasteiger partial charge >= 0.3 is 0 Å². The molecule has 0 spiro atoms. The Balaban J connectivity index is 2.59. The number of rotatable bonds is 4. The van der Waals surface area contributed by atoms with Gasteiger partial charge in [0.25, 0.3) is 0 Å². The lowest BCUT2D eigenvalue weighted by molar-refractivity contribution is -0.134. The molecule has 2 N–H and O–H groups in total. The van der Waals surface area contributed by atoms with Crippen molar-refractivity contribution in [3.63, 3.8) is 0 Å². The van der Waals surface area contributed by atoms with Gasteiger partial charge in [0.2, 0.25) is 5.91 Å². The summed E-state index contributed by atoms with van der Waals surface area (Å²) in [5.74, 6) is 0.0328. The van der Waals surface area contributed by atoms with Crippen LogP contribution >= 0.6 is 0 Å². The predicted molar refractivity (Wildman–Crippen MR) is 65.7 cm³/mol. The summed E-state index contributed by atoms with van der Waals surface area (Å²) >= 11 is 0. The van der Waals surface area contributed by atoms with Gasteiger partial charge in [-0.3, -0.25) is 9.69 Å². The van der Waals surface area contributed by atoms with Crippen LogP contribution in [0.2, 0.25) is 0 Å². The fourth-order valence-corrected chi connectivity index (χ4v) is 2.04. The molecule has 0 radical (unpaired) electrons. The van der Waals surface area contributed by atoms with Crippen LogP contribution in [0.25, 0.3) is 0 Å². The molecular formula is C12H24N2O3. The van der Waals surface area contributed by atoms with Gasteiger partial charge < -0.3 is 15.2 Å². The summed E-state index contributed by atoms with van der Waals surface area (Å²) in [6.07, 6.45) is -0.180. The number of carbonyl (C=O) groups is 1. The zero-order valence-electron chi connectivity index (χ0n) is 11.1. The van der Waals surface area contributed by atoms with Gasteiger partial charge in [0.1, 0.15) is 0 Å². The maximum absolute atomic E-state index is 11.9. The zero-order valence-corrected chi connectivity index (χ0v) is 11.1. The molecule has 1 aliphatic rings. The van der Waals surface area contributed by atoms with Crippen LogP contribution < -0.4 is 5.32 Å². The molecule has 0 aliphatic carbocycles. The number of nitrogens with zero attached hydrogens (tertiary/aromatic N) is 1. The third-order valence-corrected chi connectivity index (χ3v) is 3.07. The van der Waals surface area contributed by atoms with Crippen molar-refractivity contribution in [1.29, 1.82) is 0 Å². The number of amides is 1. The molecular weight excluding hydrogens is 220 g/mol. The summed E-state index contributed by atoms with van der Waals surface area (Å²) in [6, 6.07) is 0.158. The van der Waals surface area contributed by atoms with Crippen molar-refractivity contribution in [2.45, 2.75) is 51.9 Å². The highest BCUT2D eigenvalue weighted by atomic mass is 16.5. The van der Waals surface area contributed by atoms with Crippen LogP contribution in [0.3, 0.4) is 0 Å². The molecule has 1 saturated heterocycles. The van der Waals surface area contributed by atoms with Crippen LogP contribution in [-0.4, -0.2) is 59.9 Å². The van der Waals surface area contributed by atoms with Gasteiger partial charge in [0.05, 0.1) is 25.4 Å². The molecule has 1 rings (SSSR count). The molecule has 0 aromatic carbocycles. The molecule has 0 aromatic heterocycles. The van der Waals surface area contributed by atoms with Crippen LogP contribution in [0.4, 0.5) is 0 Å². The topological polar surface area (TPSA) is 61.8 Å². The summed E-state index contributed by atoms with van der Waals surface area (Å²) in [4.78, 5) is 14.0. The van der Waals surface area contributed by atoms with E-state index >= 15 is 0 Å². The van der Waals surface area contributed by atoms with E-state index in [1.54, 1.807) is 0 Å². The molecule has 17 heavy (non-hydrogen) atoms. The van der Waals surface area contributed by atoms with Gasteiger partial charge in [0.15, 0.2) is 0 Å². The van der Waals surface area contributed by atoms with Crippen LogP contribution in [-0.2, 0) is 9.53 Å². The molecule has 5 heteroatoms. The molecule has 1 fully saturated rings. The van der Waals surface area contributed by atoms with E-state index in [-0.39, 0.29) is 36.7 Å². The molecule has 100 valence electrons. The van der Waals surface area contributed by atoms with E-state index in [0.29, 0.717) is 13.2 Å². The highest BCUT2D eigenvalue weighted by molar-refractivity contribution is 5.81. The number of aliphatic hydroxyl groups excluding tert-OH is 1. The molecule has 1 heterocycles. The van der Waals surface area contributed by atoms with Crippen LogP contribution in [0.1, 0.15) is 27.7 Å². The third-order valence-electron chi connectivity index (χ3n) is 3.07. The first-order valence-corrected chi connectivity index (χ1v) is 6.24. The minimum Gasteiger partial charge on any atom is -0.394 e. The molecule has 1 amide bonds. The van der Waals surface area contributed by atoms with E-state index in [1.165, 1.54) is 0 Å². The summed E-state index contributed by atoms with van der Waals surface area (Å²) in [5.41, 5.74) is 0. The van der Waals surface area contributed by atoms with E-state index in [4.69, 9.17) is 9.84 Å². The quantitative estimate of drug-likeness (QED) is 0.729. The fourth-order valence-electron chi connectivity index (χ4n) is 2.04. The van der Waals surface area contributed by atoms with Crippen molar-refractivity contribution >= 4 is 5.91 Å². The fraction of sp³-hybridized carbons (Fsp3) is 0.917. The molecule has 0 aromatic rings. The molecule has 3 unspecified atom stereocenters. The lowest BCUT2D eigenvalue weighted by Crippen LogP contribution is -2.57. The van der Waals surface area contributed by atoms with Gasteiger partial charge in [-0.2, -0.15) is 0 Å². The Kier molecular flexibility index (Phi) is 5.36. The Bertz CT molecular complexity index is 258. The number of aliphatic hydroxyl groups is 1. The lowest BCUT2D eigenvalue weighted by atomic mass is 10.1. The molecule has 3 atom stereocenters. The first-order chi connectivity index (χ1) is 7.95. The SMILES string of the molecule is CC(C)NC(=O)C(C)N1CC(CO)OCC1C. The largest absolute Gasteiger partial charge is 0.394 e. The second-order valence-electron chi connectivity index (χ2n) is 5.02. The number of ether oxygens (including phenoxy) is 1. The third kappa shape index (κ3) is 3.94. The Labute approximate surface area is 103 Å². The number of morpholine rings is 1. The van der Waals surface area contributed by atoms with Crippen molar-refractivity contribution < 1.29 is 14.6 Å². The standard InChI is InChI=1S/C12H24N2O3/c1-8(2)13-12(16)10(4)14-5-11(6-15)17-7-9(14)3/h8-11,15H,5-7H2,1-4H3,(H,13,16). The van der Waals surface area contributed by atoms with Crippen molar-refractivity contribution in [2.24, 2.45) is 0 Å². The van der Waals surface area contributed by atoms with Gasteiger partial charge in [-0.05, 0) is 27.7 Å². The van der Waals surface area contributed by atoms with Crippen molar-refractivity contribution in [3.8, 4) is 0 Å². The highest BCUT2D eigenvalue weighted by Crippen LogP contribution is 2.15. The summed E-state index contributed by atoms with van der Waals surface area (Å²) in [5, 5.41) is 12.0.